The Kier molecular flexibility index (Phi) is 2.68. The molecule has 1 aromatic carbocycles. The topological polar surface area (TPSA) is 72.3 Å². The number of hydrogen-bond acceptors (Lipinski definition) is 5. The van der Waals surface area contributed by atoms with Gasteiger partial charge in [-0.3, -0.25) is 0 Å². The first kappa shape index (κ1) is 10.4. The van der Waals surface area contributed by atoms with Crippen molar-refractivity contribution in [1.29, 1.82) is 0 Å². The molecule has 0 saturated heterocycles. The molecule has 0 radical (unpaired) electrons. The normalized spacial score (nSPS) is 10.3. The Bertz CT molecular complexity index is 540. The van der Waals surface area contributed by atoms with Crippen LogP contribution in [0.1, 0.15) is 17.5 Å². The van der Waals surface area contributed by atoms with Gasteiger partial charge in [-0.1, -0.05) is 0 Å². The average molecular weight is 218 g/mol. The Morgan fingerprint density at radius 1 is 1.50 bits per heavy atom. The summed E-state index contributed by atoms with van der Waals surface area (Å²) in [5.74, 6) is -0.377. The third-order valence-corrected chi connectivity index (χ3v) is 2.02. The van der Waals surface area contributed by atoms with E-state index in [0.29, 0.717) is 10.9 Å². The molecule has 16 heavy (non-hydrogen) atoms. The molecule has 0 aliphatic carbocycles. The average Bonchev–Trinajstić information content (AvgIpc) is 2.28. The molecule has 0 aliphatic rings. The lowest BCUT2D eigenvalue weighted by Crippen LogP contribution is -2.09. The van der Waals surface area contributed by atoms with Gasteiger partial charge in [-0.25, -0.2) is 14.8 Å². The van der Waals surface area contributed by atoms with Gasteiger partial charge in [0, 0.05) is 11.6 Å². The molecule has 2 rings (SSSR count). The summed E-state index contributed by atoms with van der Waals surface area (Å²) < 4.78 is 4.79. The van der Waals surface area contributed by atoms with Gasteiger partial charge in [0.2, 0.25) is 5.82 Å². The van der Waals surface area contributed by atoms with Crippen molar-refractivity contribution in [1.82, 2.24) is 9.97 Å². The number of aromatic nitrogens is 2. The summed E-state index contributed by atoms with van der Waals surface area (Å²) in [6.45, 7) is 2.01. The highest BCUT2D eigenvalue weighted by Crippen LogP contribution is 2.17. The highest BCUT2D eigenvalue weighted by molar-refractivity contribution is 5.88. The smallest absolute Gasteiger partial charge is 0.376 e. The zero-order chi connectivity index (χ0) is 11.5. The number of rotatable bonds is 2. The van der Waals surface area contributed by atoms with Crippen LogP contribution in [0.3, 0.4) is 0 Å². The zero-order valence-electron chi connectivity index (χ0n) is 8.67. The zero-order valence-corrected chi connectivity index (χ0v) is 8.67. The van der Waals surface area contributed by atoms with Crippen LogP contribution in [0, 0.1) is 0 Å². The molecule has 1 aromatic heterocycles. The molecule has 0 aliphatic heterocycles. The van der Waals surface area contributed by atoms with Gasteiger partial charge in [0.15, 0.2) is 0 Å². The number of phenols is 1. The standard InChI is InChI=1S/C11H10N2O3/c1-2-16-11(15)10-12-6-7-5-8(14)3-4-9(7)13-10/h3-6,14H,2H2,1H3. The molecule has 2 aromatic rings. The maximum atomic E-state index is 11.4. The summed E-state index contributed by atoms with van der Waals surface area (Å²) in [5, 5.41) is 9.92. The van der Waals surface area contributed by atoms with Crippen LogP contribution >= 0.6 is 0 Å². The van der Waals surface area contributed by atoms with E-state index < -0.39 is 5.97 Å². The fraction of sp³-hybridized carbons (Fsp3) is 0.182. The van der Waals surface area contributed by atoms with Crippen molar-refractivity contribution < 1.29 is 14.6 Å². The van der Waals surface area contributed by atoms with E-state index >= 15 is 0 Å². The quantitative estimate of drug-likeness (QED) is 0.773. The molecule has 1 heterocycles. The van der Waals surface area contributed by atoms with E-state index in [1.807, 2.05) is 0 Å². The number of carbonyl (C=O) groups is 1. The summed E-state index contributed by atoms with van der Waals surface area (Å²) in [6.07, 6.45) is 1.48. The van der Waals surface area contributed by atoms with Crippen LogP contribution in [0.15, 0.2) is 24.4 Å². The van der Waals surface area contributed by atoms with E-state index in [0.717, 1.165) is 0 Å². The number of fused-ring (bicyclic) bond motifs is 1. The van der Waals surface area contributed by atoms with E-state index in [1.54, 1.807) is 13.0 Å². The molecule has 0 saturated carbocycles. The Balaban J connectivity index is 2.44. The van der Waals surface area contributed by atoms with Crippen molar-refractivity contribution in [3.63, 3.8) is 0 Å². The summed E-state index contributed by atoms with van der Waals surface area (Å²) in [5.41, 5.74) is 0.593. The number of ether oxygens (including phenoxy) is 1. The molecule has 0 atom stereocenters. The van der Waals surface area contributed by atoms with Gasteiger partial charge in [0.1, 0.15) is 5.75 Å². The van der Waals surface area contributed by atoms with Crippen molar-refractivity contribution in [2.24, 2.45) is 0 Å². The first-order valence-electron chi connectivity index (χ1n) is 4.83. The van der Waals surface area contributed by atoms with Crippen LogP contribution in [0.4, 0.5) is 0 Å². The van der Waals surface area contributed by atoms with E-state index in [2.05, 4.69) is 9.97 Å². The lowest BCUT2D eigenvalue weighted by molar-refractivity contribution is 0.0512. The first-order valence-corrected chi connectivity index (χ1v) is 4.83. The molecule has 0 bridgehead atoms. The molecule has 0 spiro atoms. The maximum Gasteiger partial charge on any atom is 0.376 e. The molecular weight excluding hydrogens is 208 g/mol. The van der Waals surface area contributed by atoms with Crippen molar-refractivity contribution >= 4 is 16.9 Å². The summed E-state index contributed by atoms with van der Waals surface area (Å²) in [6, 6.07) is 4.66. The number of nitrogens with zero attached hydrogens (tertiary/aromatic N) is 2. The summed E-state index contributed by atoms with van der Waals surface area (Å²) in [4.78, 5) is 19.3. The van der Waals surface area contributed by atoms with Crippen molar-refractivity contribution in [2.45, 2.75) is 6.92 Å². The fourth-order valence-corrected chi connectivity index (χ4v) is 1.31. The fourth-order valence-electron chi connectivity index (χ4n) is 1.31. The van der Waals surface area contributed by atoms with E-state index in [-0.39, 0.29) is 18.2 Å². The minimum absolute atomic E-state index is 0.0278. The van der Waals surface area contributed by atoms with Gasteiger partial charge in [-0.2, -0.15) is 0 Å². The van der Waals surface area contributed by atoms with Crippen molar-refractivity contribution in [3.05, 3.63) is 30.2 Å². The lowest BCUT2D eigenvalue weighted by Gasteiger charge is -2.02. The summed E-state index contributed by atoms with van der Waals surface area (Å²) >= 11 is 0. The molecule has 0 amide bonds. The highest BCUT2D eigenvalue weighted by atomic mass is 16.5. The largest absolute Gasteiger partial charge is 0.508 e. The van der Waals surface area contributed by atoms with E-state index in [4.69, 9.17) is 4.74 Å². The molecule has 1 N–H and O–H groups in total. The Morgan fingerprint density at radius 3 is 3.06 bits per heavy atom. The Morgan fingerprint density at radius 2 is 2.31 bits per heavy atom. The van der Waals surface area contributed by atoms with Gasteiger partial charge >= 0.3 is 5.97 Å². The third-order valence-electron chi connectivity index (χ3n) is 2.02. The molecule has 5 nitrogen and oxygen atoms in total. The number of phenolic OH excluding ortho intramolecular Hbond substituents is 1. The molecular formula is C11H10N2O3. The predicted molar refractivity (Wildman–Crippen MR) is 57.2 cm³/mol. The third kappa shape index (κ3) is 1.93. The summed E-state index contributed by atoms with van der Waals surface area (Å²) in [7, 11) is 0. The molecule has 0 unspecified atom stereocenters. The van der Waals surface area contributed by atoms with Crippen LogP contribution in [-0.2, 0) is 4.74 Å². The number of carbonyl (C=O) groups excluding carboxylic acids is 1. The lowest BCUT2D eigenvalue weighted by atomic mass is 10.2. The Hall–Kier alpha value is -2.17. The predicted octanol–water partition coefficient (Wildman–Crippen LogP) is 1.51. The number of benzene rings is 1. The number of hydrogen-bond donors (Lipinski definition) is 1. The van der Waals surface area contributed by atoms with Gasteiger partial charge in [-0.05, 0) is 25.1 Å². The second-order valence-electron chi connectivity index (χ2n) is 3.16. The highest BCUT2D eigenvalue weighted by Gasteiger charge is 2.10. The molecule has 5 heteroatoms. The second kappa shape index (κ2) is 4.14. The second-order valence-corrected chi connectivity index (χ2v) is 3.16. The van der Waals surface area contributed by atoms with Gasteiger partial charge in [0.05, 0.1) is 12.1 Å². The minimum Gasteiger partial charge on any atom is -0.508 e. The molecule has 82 valence electrons. The maximum absolute atomic E-state index is 11.4. The van der Waals surface area contributed by atoms with Crippen molar-refractivity contribution in [3.8, 4) is 5.75 Å². The number of esters is 1. The first-order chi connectivity index (χ1) is 7.70. The van der Waals surface area contributed by atoms with E-state index in [1.165, 1.54) is 18.3 Å². The van der Waals surface area contributed by atoms with Crippen molar-refractivity contribution in [2.75, 3.05) is 6.61 Å². The van der Waals surface area contributed by atoms with Crippen LogP contribution in [0.2, 0.25) is 0 Å². The van der Waals surface area contributed by atoms with Gasteiger partial charge in [0.25, 0.3) is 0 Å². The number of aromatic hydroxyl groups is 1. The Labute approximate surface area is 91.7 Å². The van der Waals surface area contributed by atoms with Crippen LogP contribution in [-0.4, -0.2) is 27.7 Å². The minimum atomic E-state index is -0.544. The SMILES string of the molecule is CCOC(=O)c1ncc2cc(O)ccc2n1. The van der Waals surface area contributed by atoms with Crippen LogP contribution in [0.25, 0.3) is 10.9 Å². The molecule has 0 fully saturated rings. The van der Waals surface area contributed by atoms with E-state index in [9.17, 15) is 9.90 Å². The van der Waals surface area contributed by atoms with Crippen LogP contribution in [0.5, 0.6) is 5.75 Å². The van der Waals surface area contributed by atoms with Gasteiger partial charge < -0.3 is 9.84 Å². The van der Waals surface area contributed by atoms with Crippen LogP contribution < -0.4 is 0 Å². The van der Waals surface area contributed by atoms with Gasteiger partial charge in [-0.15, -0.1) is 0 Å². The monoisotopic (exact) mass is 218 g/mol.